The lowest BCUT2D eigenvalue weighted by Crippen LogP contribution is -2.21. The lowest BCUT2D eigenvalue weighted by molar-refractivity contribution is -0.122. The van der Waals surface area contributed by atoms with Crippen LogP contribution in [0.25, 0.3) is 0 Å². The monoisotopic (exact) mass is 204 g/mol. The number of Topliss-reactive ketones (excluding diaryl/α,β-unsaturated/α-hetero) is 1. The molecule has 80 valence electrons. The molecule has 0 aliphatic heterocycles. The molecule has 0 aliphatic rings. The second-order valence-electron chi connectivity index (χ2n) is 3.47. The predicted octanol–water partition coefficient (Wildman–Crippen LogP) is 2.77. The standard InChI is InChI=1S/C13H16O2/c1-4-7-12-8-5-6-9-13(12)15-11(3)10(2)14/h4-6,8-9,11H,1,7H2,2-3H3. The summed E-state index contributed by atoms with van der Waals surface area (Å²) in [5.74, 6) is 0.795. The predicted molar refractivity (Wildman–Crippen MR) is 61.1 cm³/mol. The van der Waals surface area contributed by atoms with Crippen molar-refractivity contribution in [3.8, 4) is 5.75 Å². The van der Waals surface area contributed by atoms with E-state index in [1.165, 1.54) is 6.92 Å². The number of carbonyl (C=O) groups is 1. The van der Waals surface area contributed by atoms with Gasteiger partial charge in [0.15, 0.2) is 11.9 Å². The van der Waals surface area contributed by atoms with Crippen LogP contribution in [0.15, 0.2) is 36.9 Å². The third-order valence-electron chi connectivity index (χ3n) is 2.21. The second kappa shape index (κ2) is 5.35. The SMILES string of the molecule is C=CCc1ccccc1OC(C)C(C)=O. The van der Waals surface area contributed by atoms with Crippen molar-refractivity contribution in [2.24, 2.45) is 0 Å². The molecule has 15 heavy (non-hydrogen) atoms. The number of rotatable bonds is 5. The fraction of sp³-hybridized carbons (Fsp3) is 0.308. The van der Waals surface area contributed by atoms with Gasteiger partial charge in [-0.1, -0.05) is 24.3 Å². The van der Waals surface area contributed by atoms with Crippen LogP contribution in [0.5, 0.6) is 5.75 Å². The lowest BCUT2D eigenvalue weighted by atomic mass is 10.1. The highest BCUT2D eigenvalue weighted by Crippen LogP contribution is 2.20. The van der Waals surface area contributed by atoms with Gasteiger partial charge in [0.1, 0.15) is 5.75 Å². The summed E-state index contributed by atoms with van der Waals surface area (Å²) in [7, 11) is 0. The van der Waals surface area contributed by atoms with E-state index in [1.54, 1.807) is 6.92 Å². The highest BCUT2D eigenvalue weighted by molar-refractivity contribution is 5.80. The molecule has 1 rings (SSSR count). The number of para-hydroxylation sites is 1. The van der Waals surface area contributed by atoms with Gasteiger partial charge in [-0.3, -0.25) is 4.79 Å². The molecule has 0 aliphatic carbocycles. The van der Waals surface area contributed by atoms with E-state index in [4.69, 9.17) is 4.74 Å². The molecule has 0 fully saturated rings. The smallest absolute Gasteiger partial charge is 0.169 e. The van der Waals surface area contributed by atoms with Crippen LogP contribution < -0.4 is 4.74 Å². The van der Waals surface area contributed by atoms with Crippen LogP contribution in [0.4, 0.5) is 0 Å². The van der Waals surface area contributed by atoms with Gasteiger partial charge in [-0.2, -0.15) is 0 Å². The maximum absolute atomic E-state index is 11.1. The van der Waals surface area contributed by atoms with E-state index in [-0.39, 0.29) is 5.78 Å². The van der Waals surface area contributed by atoms with Crippen molar-refractivity contribution in [2.45, 2.75) is 26.4 Å². The molecule has 0 N–H and O–H groups in total. The Hall–Kier alpha value is -1.57. The highest BCUT2D eigenvalue weighted by atomic mass is 16.5. The lowest BCUT2D eigenvalue weighted by Gasteiger charge is -2.14. The summed E-state index contributed by atoms with van der Waals surface area (Å²) >= 11 is 0. The molecule has 0 saturated heterocycles. The van der Waals surface area contributed by atoms with E-state index >= 15 is 0 Å². The Morgan fingerprint density at radius 1 is 1.53 bits per heavy atom. The first-order valence-corrected chi connectivity index (χ1v) is 5.01. The van der Waals surface area contributed by atoms with Gasteiger partial charge in [-0.25, -0.2) is 0 Å². The third-order valence-corrected chi connectivity index (χ3v) is 2.21. The Bertz CT molecular complexity index is 355. The highest BCUT2D eigenvalue weighted by Gasteiger charge is 2.10. The summed E-state index contributed by atoms with van der Waals surface area (Å²) in [5, 5.41) is 0. The minimum absolute atomic E-state index is 0.0309. The maximum Gasteiger partial charge on any atom is 0.169 e. The zero-order valence-electron chi connectivity index (χ0n) is 9.19. The van der Waals surface area contributed by atoms with Gasteiger partial charge in [-0.05, 0) is 31.9 Å². The molecule has 2 heteroatoms. The fourth-order valence-electron chi connectivity index (χ4n) is 1.22. The molecule has 1 aromatic carbocycles. The summed E-state index contributed by atoms with van der Waals surface area (Å²) < 4.78 is 5.56. The minimum Gasteiger partial charge on any atom is -0.483 e. The Morgan fingerprint density at radius 2 is 2.20 bits per heavy atom. The molecule has 1 aromatic rings. The van der Waals surface area contributed by atoms with Crippen molar-refractivity contribution in [1.29, 1.82) is 0 Å². The normalized spacial score (nSPS) is 11.9. The number of ether oxygens (including phenoxy) is 1. The molecule has 0 bridgehead atoms. The fourth-order valence-corrected chi connectivity index (χ4v) is 1.22. The molecule has 1 atom stereocenters. The Kier molecular flexibility index (Phi) is 4.10. The maximum atomic E-state index is 11.1. The molecule has 0 radical (unpaired) electrons. The van der Waals surface area contributed by atoms with Crippen LogP contribution in [0.1, 0.15) is 19.4 Å². The van der Waals surface area contributed by atoms with Gasteiger partial charge in [0.05, 0.1) is 0 Å². The van der Waals surface area contributed by atoms with Gasteiger partial charge in [-0.15, -0.1) is 6.58 Å². The minimum atomic E-state index is -0.393. The van der Waals surface area contributed by atoms with Crippen molar-refractivity contribution in [3.05, 3.63) is 42.5 Å². The second-order valence-corrected chi connectivity index (χ2v) is 3.47. The van der Waals surface area contributed by atoms with Crippen LogP contribution >= 0.6 is 0 Å². The molecule has 1 unspecified atom stereocenters. The van der Waals surface area contributed by atoms with Crippen molar-refractivity contribution in [1.82, 2.24) is 0 Å². The quantitative estimate of drug-likeness (QED) is 0.689. The first-order chi connectivity index (χ1) is 7.15. The summed E-state index contributed by atoms with van der Waals surface area (Å²) in [5.41, 5.74) is 1.06. The van der Waals surface area contributed by atoms with Crippen molar-refractivity contribution >= 4 is 5.78 Å². The molecule has 0 saturated carbocycles. The zero-order valence-corrected chi connectivity index (χ0v) is 9.19. The van der Waals surface area contributed by atoms with Gasteiger partial charge < -0.3 is 4.74 Å². The topological polar surface area (TPSA) is 26.3 Å². The van der Waals surface area contributed by atoms with Crippen LogP contribution in [-0.2, 0) is 11.2 Å². The van der Waals surface area contributed by atoms with E-state index < -0.39 is 6.10 Å². The van der Waals surface area contributed by atoms with Gasteiger partial charge >= 0.3 is 0 Å². The van der Waals surface area contributed by atoms with E-state index in [0.717, 1.165) is 17.7 Å². The molecule has 0 spiro atoms. The van der Waals surface area contributed by atoms with Crippen molar-refractivity contribution in [2.75, 3.05) is 0 Å². The zero-order chi connectivity index (χ0) is 11.3. The Labute approximate surface area is 90.6 Å². The van der Waals surface area contributed by atoms with Gasteiger partial charge in [0, 0.05) is 0 Å². The summed E-state index contributed by atoms with van der Waals surface area (Å²) in [4.78, 5) is 11.1. The molecule has 0 aromatic heterocycles. The van der Waals surface area contributed by atoms with Crippen LogP contribution in [-0.4, -0.2) is 11.9 Å². The molecular weight excluding hydrogens is 188 g/mol. The van der Waals surface area contributed by atoms with Crippen molar-refractivity contribution in [3.63, 3.8) is 0 Å². The Morgan fingerprint density at radius 3 is 2.80 bits per heavy atom. The van der Waals surface area contributed by atoms with Crippen LogP contribution in [0.2, 0.25) is 0 Å². The summed E-state index contributed by atoms with van der Waals surface area (Å²) in [6, 6.07) is 7.70. The largest absolute Gasteiger partial charge is 0.483 e. The number of hydrogen-bond donors (Lipinski definition) is 0. The van der Waals surface area contributed by atoms with E-state index in [1.807, 2.05) is 30.3 Å². The van der Waals surface area contributed by atoms with E-state index in [9.17, 15) is 4.79 Å². The van der Waals surface area contributed by atoms with Crippen LogP contribution in [0, 0.1) is 0 Å². The first-order valence-electron chi connectivity index (χ1n) is 5.01. The molecule has 2 nitrogen and oxygen atoms in total. The average Bonchev–Trinajstić information content (AvgIpc) is 2.21. The summed E-state index contributed by atoms with van der Waals surface area (Å²) in [6.07, 6.45) is 2.18. The van der Waals surface area contributed by atoms with E-state index in [2.05, 4.69) is 6.58 Å². The van der Waals surface area contributed by atoms with Gasteiger partial charge in [0.2, 0.25) is 0 Å². The number of carbonyl (C=O) groups excluding carboxylic acids is 1. The van der Waals surface area contributed by atoms with E-state index in [0.29, 0.717) is 0 Å². The third kappa shape index (κ3) is 3.24. The molecule has 0 heterocycles. The van der Waals surface area contributed by atoms with Crippen LogP contribution in [0.3, 0.4) is 0 Å². The average molecular weight is 204 g/mol. The number of benzene rings is 1. The van der Waals surface area contributed by atoms with Crippen molar-refractivity contribution < 1.29 is 9.53 Å². The molecular formula is C13H16O2. The Balaban J connectivity index is 2.83. The number of hydrogen-bond acceptors (Lipinski definition) is 2. The first kappa shape index (κ1) is 11.5. The summed E-state index contributed by atoms with van der Waals surface area (Å²) in [6.45, 7) is 6.97. The van der Waals surface area contributed by atoms with Gasteiger partial charge in [0.25, 0.3) is 0 Å². The number of allylic oxidation sites excluding steroid dienone is 1. The molecule has 0 amide bonds. The number of ketones is 1.